The van der Waals surface area contributed by atoms with Crippen molar-refractivity contribution in [3.8, 4) is 0 Å². The van der Waals surface area contributed by atoms with Gasteiger partial charge in [-0.3, -0.25) is 10.9 Å². The molecule has 0 unspecified atom stereocenters. The Labute approximate surface area is 117 Å². The SMILES string of the molecule is NS(=O)(=O)c1ccc(CNS(=O)(=O)C2CNNC2)cc1. The van der Waals surface area contributed by atoms with Crippen LogP contribution in [0.15, 0.2) is 29.2 Å². The molecule has 0 atom stereocenters. The van der Waals surface area contributed by atoms with E-state index in [1.165, 1.54) is 24.3 Å². The smallest absolute Gasteiger partial charge is 0.238 e. The van der Waals surface area contributed by atoms with Crippen LogP contribution in [0.5, 0.6) is 0 Å². The predicted octanol–water partition coefficient (Wildman–Crippen LogP) is -1.77. The van der Waals surface area contributed by atoms with Crippen LogP contribution in [0.3, 0.4) is 0 Å². The second-order valence-corrected chi connectivity index (χ2v) is 8.05. The van der Waals surface area contributed by atoms with E-state index in [2.05, 4.69) is 15.6 Å². The van der Waals surface area contributed by atoms with Gasteiger partial charge in [-0.25, -0.2) is 26.7 Å². The van der Waals surface area contributed by atoms with E-state index in [-0.39, 0.29) is 11.4 Å². The molecule has 0 spiro atoms. The molecule has 0 saturated carbocycles. The zero-order valence-electron chi connectivity index (χ0n) is 10.5. The third kappa shape index (κ3) is 3.75. The first kappa shape index (κ1) is 15.4. The highest BCUT2D eigenvalue weighted by Gasteiger charge is 2.28. The van der Waals surface area contributed by atoms with Crippen LogP contribution in [0.1, 0.15) is 5.56 Å². The van der Waals surface area contributed by atoms with E-state index < -0.39 is 25.3 Å². The molecular formula is C10H16N4O4S2. The number of rotatable bonds is 5. The maximum absolute atomic E-state index is 11.9. The van der Waals surface area contributed by atoms with Gasteiger partial charge in [0.1, 0.15) is 5.25 Å². The van der Waals surface area contributed by atoms with Crippen molar-refractivity contribution >= 4 is 20.0 Å². The molecule has 1 saturated heterocycles. The fraction of sp³-hybridized carbons (Fsp3) is 0.400. The molecule has 20 heavy (non-hydrogen) atoms. The maximum atomic E-state index is 11.9. The zero-order valence-corrected chi connectivity index (χ0v) is 12.2. The summed E-state index contributed by atoms with van der Waals surface area (Å²) in [6.45, 7) is 0.795. The molecule has 1 aromatic carbocycles. The lowest BCUT2D eigenvalue weighted by Gasteiger charge is -2.11. The van der Waals surface area contributed by atoms with Crippen molar-refractivity contribution in [2.75, 3.05) is 13.1 Å². The van der Waals surface area contributed by atoms with Crippen LogP contribution in [0.2, 0.25) is 0 Å². The molecule has 1 aliphatic heterocycles. The number of nitrogens with two attached hydrogens (primary N) is 1. The summed E-state index contributed by atoms with van der Waals surface area (Å²) < 4.78 is 48.5. The molecule has 0 radical (unpaired) electrons. The normalized spacial score (nSPS) is 17.4. The number of nitrogens with one attached hydrogen (secondary N) is 3. The highest BCUT2D eigenvalue weighted by molar-refractivity contribution is 7.90. The van der Waals surface area contributed by atoms with E-state index in [0.29, 0.717) is 18.7 Å². The standard InChI is InChI=1S/C10H16N4O4S2/c11-19(15,16)9-3-1-8(2-4-9)5-14-20(17,18)10-6-12-13-7-10/h1-4,10,12-14H,5-7H2,(H2,11,15,16). The van der Waals surface area contributed by atoms with Crippen molar-refractivity contribution in [2.24, 2.45) is 5.14 Å². The van der Waals surface area contributed by atoms with Gasteiger partial charge in [-0.15, -0.1) is 0 Å². The van der Waals surface area contributed by atoms with E-state index in [1.54, 1.807) is 0 Å². The van der Waals surface area contributed by atoms with E-state index in [1.807, 2.05) is 0 Å². The summed E-state index contributed by atoms with van der Waals surface area (Å²) in [5.41, 5.74) is 6.15. The van der Waals surface area contributed by atoms with Gasteiger partial charge in [-0.1, -0.05) is 12.1 Å². The minimum absolute atomic E-state index is 0.00620. The van der Waals surface area contributed by atoms with E-state index >= 15 is 0 Å². The van der Waals surface area contributed by atoms with Crippen LogP contribution in [0.4, 0.5) is 0 Å². The van der Waals surface area contributed by atoms with Gasteiger partial charge in [-0.2, -0.15) is 0 Å². The molecule has 0 aromatic heterocycles. The third-order valence-corrected chi connectivity index (χ3v) is 5.64. The van der Waals surface area contributed by atoms with Crippen LogP contribution >= 0.6 is 0 Å². The predicted molar refractivity (Wildman–Crippen MR) is 73.4 cm³/mol. The number of primary sulfonamides is 1. The average molecular weight is 320 g/mol. The van der Waals surface area contributed by atoms with E-state index in [0.717, 1.165) is 0 Å². The average Bonchev–Trinajstić information content (AvgIpc) is 2.90. The molecule has 112 valence electrons. The minimum Gasteiger partial charge on any atom is -0.256 e. The highest BCUT2D eigenvalue weighted by atomic mass is 32.2. The number of hydrogen-bond acceptors (Lipinski definition) is 6. The van der Waals surface area contributed by atoms with Crippen LogP contribution in [0.25, 0.3) is 0 Å². The Kier molecular flexibility index (Phi) is 4.42. The summed E-state index contributed by atoms with van der Waals surface area (Å²) in [4.78, 5) is -0.00620. The van der Waals surface area contributed by atoms with Crippen molar-refractivity contribution in [1.82, 2.24) is 15.6 Å². The van der Waals surface area contributed by atoms with Crippen LogP contribution in [-0.2, 0) is 26.6 Å². The molecule has 1 aliphatic rings. The van der Waals surface area contributed by atoms with Gasteiger partial charge in [0.2, 0.25) is 20.0 Å². The van der Waals surface area contributed by atoms with E-state index in [9.17, 15) is 16.8 Å². The van der Waals surface area contributed by atoms with Crippen molar-refractivity contribution in [3.63, 3.8) is 0 Å². The Bertz CT molecular complexity index is 664. The summed E-state index contributed by atoms with van der Waals surface area (Å²) in [7, 11) is -7.15. The van der Waals surface area contributed by atoms with Crippen LogP contribution in [-0.4, -0.2) is 35.2 Å². The lowest BCUT2D eigenvalue weighted by atomic mass is 10.2. The monoisotopic (exact) mass is 320 g/mol. The highest BCUT2D eigenvalue weighted by Crippen LogP contribution is 2.09. The Morgan fingerprint density at radius 2 is 1.65 bits per heavy atom. The molecular weight excluding hydrogens is 304 g/mol. The number of hydrogen-bond donors (Lipinski definition) is 4. The largest absolute Gasteiger partial charge is 0.256 e. The Hall–Kier alpha value is -1.04. The molecule has 1 aromatic rings. The van der Waals surface area contributed by atoms with Crippen molar-refractivity contribution in [2.45, 2.75) is 16.7 Å². The summed E-state index contributed by atoms with van der Waals surface area (Å²) in [5.74, 6) is 0. The summed E-state index contributed by atoms with van der Waals surface area (Å²) >= 11 is 0. The number of benzene rings is 1. The first-order valence-electron chi connectivity index (χ1n) is 5.85. The molecule has 1 fully saturated rings. The van der Waals surface area contributed by atoms with Crippen LogP contribution in [0, 0.1) is 0 Å². The second kappa shape index (κ2) is 5.76. The fourth-order valence-corrected chi connectivity index (χ4v) is 3.49. The quantitative estimate of drug-likeness (QED) is 0.508. The third-order valence-electron chi connectivity index (χ3n) is 2.95. The van der Waals surface area contributed by atoms with Gasteiger partial charge < -0.3 is 0 Å². The molecule has 1 heterocycles. The summed E-state index contributed by atoms with van der Waals surface area (Å²) in [5, 5.41) is 4.46. The zero-order chi connectivity index (χ0) is 14.8. The van der Waals surface area contributed by atoms with Gasteiger partial charge in [0.05, 0.1) is 4.90 Å². The Morgan fingerprint density at radius 3 is 2.15 bits per heavy atom. The second-order valence-electron chi connectivity index (χ2n) is 4.44. The van der Waals surface area contributed by atoms with Crippen LogP contribution < -0.4 is 20.7 Å². The van der Waals surface area contributed by atoms with Gasteiger partial charge in [0.15, 0.2) is 0 Å². The van der Waals surface area contributed by atoms with Gasteiger partial charge >= 0.3 is 0 Å². The van der Waals surface area contributed by atoms with Gasteiger partial charge in [0.25, 0.3) is 0 Å². The summed E-state index contributed by atoms with van der Waals surface area (Å²) in [6, 6.07) is 5.73. The van der Waals surface area contributed by atoms with Gasteiger partial charge in [-0.05, 0) is 17.7 Å². The molecule has 10 heteroatoms. The molecule has 0 bridgehead atoms. The van der Waals surface area contributed by atoms with Gasteiger partial charge in [0, 0.05) is 19.6 Å². The number of sulfonamides is 2. The molecule has 8 nitrogen and oxygen atoms in total. The molecule has 2 rings (SSSR count). The molecule has 0 aliphatic carbocycles. The first-order valence-corrected chi connectivity index (χ1v) is 8.94. The maximum Gasteiger partial charge on any atom is 0.238 e. The van der Waals surface area contributed by atoms with Crippen molar-refractivity contribution in [3.05, 3.63) is 29.8 Å². The topological polar surface area (TPSA) is 130 Å². The molecule has 0 amide bonds. The number of hydrazine groups is 1. The fourth-order valence-electron chi connectivity index (χ4n) is 1.76. The lowest BCUT2D eigenvalue weighted by molar-refractivity contribution is 0.569. The van der Waals surface area contributed by atoms with Crippen molar-refractivity contribution < 1.29 is 16.8 Å². The lowest BCUT2D eigenvalue weighted by Crippen LogP contribution is -2.37. The Morgan fingerprint density at radius 1 is 1.10 bits per heavy atom. The molecule has 5 N–H and O–H groups in total. The van der Waals surface area contributed by atoms with E-state index in [4.69, 9.17) is 5.14 Å². The Balaban J connectivity index is 2.01. The first-order chi connectivity index (χ1) is 9.29. The summed E-state index contributed by atoms with van der Waals surface area (Å²) in [6.07, 6.45) is 0. The minimum atomic E-state index is -3.73. The van der Waals surface area contributed by atoms with Crippen molar-refractivity contribution in [1.29, 1.82) is 0 Å².